The minimum Gasteiger partial charge on any atom is -0.481 e. The van der Waals surface area contributed by atoms with E-state index < -0.39 is 10.0 Å². The molecule has 0 bridgehead atoms. The van der Waals surface area contributed by atoms with Gasteiger partial charge < -0.3 is 9.64 Å². The summed E-state index contributed by atoms with van der Waals surface area (Å²) in [6, 6.07) is 1.77. The quantitative estimate of drug-likeness (QED) is 0.769. The van der Waals surface area contributed by atoms with Crippen molar-refractivity contribution < 1.29 is 13.2 Å². The summed E-state index contributed by atoms with van der Waals surface area (Å²) in [5.74, 6) is 1.88. The topological polar surface area (TPSA) is 93.5 Å². The summed E-state index contributed by atoms with van der Waals surface area (Å²) in [7, 11) is -0.245. The van der Waals surface area contributed by atoms with Gasteiger partial charge in [0.1, 0.15) is 16.5 Å². The monoisotopic (exact) mass is 380 g/mol. The van der Waals surface area contributed by atoms with Crippen molar-refractivity contribution in [3.8, 4) is 5.88 Å². The zero-order chi connectivity index (χ0) is 19.1. The third kappa shape index (κ3) is 3.26. The van der Waals surface area contributed by atoms with E-state index in [0.29, 0.717) is 54.2 Å². The molecule has 1 saturated heterocycles. The Morgan fingerprint density at radius 2 is 1.73 bits per heavy atom. The van der Waals surface area contributed by atoms with Gasteiger partial charge in [0.2, 0.25) is 15.9 Å². The first-order chi connectivity index (χ1) is 12.2. The van der Waals surface area contributed by atoms with E-state index in [-0.39, 0.29) is 0 Å². The van der Waals surface area contributed by atoms with Crippen LogP contribution in [0.3, 0.4) is 0 Å². The summed E-state index contributed by atoms with van der Waals surface area (Å²) in [6.45, 7) is 7.20. The molecule has 3 heterocycles. The third-order valence-electron chi connectivity index (χ3n) is 4.61. The summed E-state index contributed by atoms with van der Waals surface area (Å²) in [5.41, 5.74) is 1.18. The van der Waals surface area contributed by atoms with E-state index in [1.807, 2.05) is 4.90 Å². The van der Waals surface area contributed by atoms with Crippen molar-refractivity contribution in [3.05, 3.63) is 23.3 Å². The lowest BCUT2D eigenvalue weighted by Crippen LogP contribution is -2.49. The highest BCUT2D eigenvalue weighted by atomic mass is 32.2. The summed E-state index contributed by atoms with van der Waals surface area (Å²) >= 11 is 0. The normalized spacial score (nSPS) is 16.1. The van der Waals surface area contributed by atoms with E-state index in [2.05, 4.69) is 15.1 Å². The first kappa shape index (κ1) is 18.6. The second kappa shape index (κ2) is 6.84. The molecule has 0 radical (unpaired) electrons. The maximum atomic E-state index is 13.0. The lowest BCUT2D eigenvalue weighted by molar-refractivity contribution is 0.380. The Morgan fingerprint density at radius 3 is 2.27 bits per heavy atom. The Morgan fingerprint density at radius 1 is 1.08 bits per heavy atom. The number of rotatable bonds is 4. The number of hydrogen-bond acceptors (Lipinski definition) is 7. The molecule has 0 aromatic carbocycles. The van der Waals surface area contributed by atoms with Crippen LogP contribution in [0.4, 0.5) is 5.82 Å². The molecular weight excluding hydrogens is 356 g/mol. The molecule has 9 nitrogen and oxygen atoms in total. The molecule has 0 atom stereocenters. The number of hydrogen-bond donors (Lipinski definition) is 0. The minimum atomic E-state index is -3.56. The molecule has 0 saturated carbocycles. The number of methoxy groups -OCH3 is 1. The van der Waals surface area contributed by atoms with Gasteiger partial charge in [-0.05, 0) is 20.8 Å². The Labute approximate surface area is 153 Å². The van der Waals surface area contributed by atoms with Crippen LogP contribution >= 0.6 is 0 Å². The number of piperazine rings is 1. The highest BCUT2D eigenvalue weighted by Crippen LogP contribution is 2.25. The Hall–Kier alpha value is -2.20. The number of nitrogens with zero attached hydrogens (tertiary/aromatic N) is 6. The van der Waals surface area contributed by atoms with E-state index >= 15 is 0 Å². The molecule has 1 aliphatic heterocycles. The molecule has 2 aromatic rings. The van der Waals surface area contributed by atoms with Crippen LogP contribution in [0.2, 0.25) is 0 Å². The second-order valence-corrected chi connectivity index (χ2v) is 8.21. The van der Waals surface area contributed by atoms with Crippen LogP contribution in [0, 0.1) is 20.8 Å². The van der Waals surface area contributed by atoms with Crippen molar-refractivity contribution in [1.29, 1.82) is 0 Å². The van der Waals surface area contributed by atoms with Gasteiger partial charge in [0.25, 0.3) is 0 Å². The van der Waals surface area contributed by atoms with E-state index in [1.165, 1.54) is 4.31 Å². The van der Waals surface area contributed by atoms with Crippen molar-refractivity contribution in [3.63, 3.8) is 0 Å². The van der Waals surface area contributed by atoms with Crippen LogP contribution in [0.1, 0.15) is 17.2 Å². The van der Waals surface area contributed by atoms with Gasteiger partial charge in [-0.1, -0.05) is 0 Å². The number of sulfonamides is 1. The second-order valence-electron chi connectivity index (χ2n) is 6.33. The van der Waals surface area contributed by atoms with Crippen LogP contribution < -0.4 is 9.64 Å². The summed E-state index contributed by atoms with van der Waals surface area (Å²) < 4.78 is 34.4. The van der Waals surface area contributed by atoms with E-state index in [4.69, 9.17) is 4.74 Å². The van der Waals surface area contributed by atoms with E-state index in [1.54, 1.807) is 45.7 Å². The Bertz CT molecular complexity index is 916. The smallest absolute Gasteiger partial charge is 0.246 e. The highest BCUT2D eigenvalue weighted by Gasteiger charge is 2.33. The van der Waals surface area contributed by atoms with Crippen molar-refractivity contribution >= 4 is 15.8 Å². The molecule has 0 unspecified atom stereocenters. The maximum absolute atomic E-state index is 13.0. The number of ether oxygens (including phenoxy) is 1. The van der Waals surface area contributed by atoms with Crippen LogP contribution in [0.25, 0.3) is 0 Å². The summed E-state index contributed by atoms with van der Waals surface area (Å²) in [4.78, 5) is 11.0. The number of aryl methyl sites for hydroxylation is 3. The fourth-order valence-corrected chi connectivity index (χ4v) is 5.03. The molecule has 26 heavy (non-hydrogen) atoms. The maximum Gasteiger partial charge on any atom is 0.246 e. The standard InChI is InChI=1S/C16H24N6O3S/c1-11-16(12(2)20(4)19-11)26(23,24)22-8-6-21(7-9-22)14-10-15(25-5)18-13(3)17-14/h10H,6-9H2,1-5H3. The van der Waals surface area contributed by atoms with Crippen molar-refractivity contribution in [2.45, 2.75) is 25.7 Å². The van der Waals surface area contributed by atoms with Gasteiger partial charge in [0, 0.05) is 39.3 Å². The summed E-state index contributed by atoms with van der Waals surface area (Å²) in [5, 5.41) is 4.23. The van der Waals surface area contributed by atoms with Gasteiger partial charge in [0.05, 0.1) is 18.5 Å². The van der Waals surface area contributed by atoms with Crippen LogP contribution in [-0.2, 0) is 17.1 Å². The van der Waals surface area contributed by atoms with E-state index in [0.717, 1.165) is 5.82 Å². The van der Waals surface area contributed by atoms with Gasteiger partial charge >= 0.3 is 0 Å². The van der Waals surface area contributed by atoms with Crippen molar-refractivity contribution in [2.75, 3.05) is 38.2 Å². The lowest BCUT2D eigenvalue weighted by atomic mass is 10.3. The fourth-order valence-electron chi connectivity index (χ4n) is 3.21. The van der Waals surface area contributed by atoms with Crippen LogP contribution in [0.5, 0.6) is 5.88 Å². The molecule has 142 valence electrons. The predicted molar refractivity (Wildman–Crippen MR) is 97.0 cm³/mol. The first-order valence-electron chi connectivity index (χ1n) is 8.39. The Kier molecular flexibility index (Phi) is 4.89. The lowest BCUT2D eigenvalue weighted by Gasteiger charge is -2.34. The van der Waals surface area contributed by atoms with Crippen molar-refractivity contribution in [2.24, 2.45) is 7.05 Å². The van der Waals surface area contributed by atoms with Gasteiger partial charge in [0.15, 0.2) is 0 Å². The largest absolute Gasteiger partial charge is 0.481 e. The molecule has 3 rings (SSSR count). The molecular formula is C16H24N6O3S. The first-order valence-corrected chi connectivity index (χ1v) is 9.83. The number of aromatic nitrogens is 4. The van der Waals surface area contributed by atoms with Gasteiger partial charge in [-0.3, -0.25) is 4.68 Å². The number of anilines is 1. The molecule has 2 aromatic heterocycles. The van der Waals surface area contributed by atoms with Crippen LogP contribution in [0.15, 0.2) is 11.0 Å². The molecule has 10 heteroatoms. The van der Waals surface area contributed by atoms with Gasteiger partial charge in [-0.25, -0.2) is 13.4 Å². The molecule has 1 aliphatic rings. The highest BCUT2D eigenvalue weighted by molar-refractivity contribution is 7.89. The molecule has 0 N–H and O–H groups in total. The van der Waals surface area contributed by atoms with E-state index in [9.17, 15) is 8.42 Å². The molecule has 1 fully saturated rings. The molecule has 0 amide bonds. The van der Waals surface area contributed by atoms with Crippen molar-refractivity contribution in [1.82, 2.24) is 24.1 Å². The third-order valence-corrected chi connectivity index (χ3v) is 6.76. The zero-order valence-corrected chi connectivity index (χ0v) is 16.5. The van der Waals surface area contributed by atoms with Crippen LogP contribution in [-0.4, -0.2) is 65.8 Å². The zero-order valence-electron chi connectivity index (χ0n) is 15.7. The van der Waals surface area contributed by atoms with Gasteiger partial charge in [-0.2, -0.15) is 14.4 Å². The molecule has 0 aliphatic carbocycles. The molecule has 0 spiro atoms. The summed E-state index contributed by atoms with van der Waals surface area (Å²) in [6.07, 6.45) is 0. The fraction of sp³-hybridized carbons (Fsp3) is 0.562. The Balaban J connectivity index is 1.79. The average Bonchev–Trinajstić information content (AvgIpc) is 2.87. The predicted octanol–water partition coefficient (Wildman–Crippen LogP) is 0.655. The minimum absolute atomic E-state index is 0.313. The van der Waals surface area contributed by atoms with Gasteiger partial charge in [-0.15, -0.1) is 0 Å². The SMILES string of the molecule is COc1cc(N2CCN(S(=O)(=O)c3c(C)nn(C)c3C)CC2)nc(C)n1. The average molecular weight is 380 g/mol.